The molecular weight excluding hydrogens is 204 g/mol. The Morgan fingerprint density at radius 3 is 2.81 bits per heavy atom. The summed E-state index contributed by atoms with van der Waals surface area (Å²) in [5.74, 6) is 0.825. The largest absolute Gasteiger partial charge is 0.497 e. The van der Waals surface area contributed by atoms with Crippen LogP contribution in [0.3, 0.4) is 0 Å². The number of nitriles is 1. The molecule has 2 rings (SSSR count). The van der Waals surface area contributed by atoms with Crippen molar-refractivity contribution in [2.75, 3.05) is 31.8 Å². The summed E-state index contributed by atoms with van der Waals surface area (Å²) in [6.07, 6.45) is 0. The van der Waals surface area contributed by atoms with Crippen molar-refractivity contribution in [3.8, 4) is 11.8 Å². The number of methoxy groups -OCH3 is 1. The van der Waals surface area contributed by atoms with Crippen molar-refractivity contribution in [3.63, 3.8) is 0 Å². The topological polar surface area (TPSA) is 45.5 Å². The van der Waals surface area contributed by atoms with Crippen LogP contribution in [0.25, 0.3) is 0 Å². The monoisotopic (exact) mass is 218 g/mol. The molecular formula is C12H14N2O2. The van der Waals surface area contributed by atoms with Gasteiger partial charge in [0, 0.05) is 12.2 Å². The minimum atomic E-state index is -0.192. The maximum atomic E-state index is 9.03. The van der Waals surface area contributed by atoms with E-state index in [-0.39, 0.29) is 6.04 Å². The van der Waals surface area contributed by atoms with Gasteiger partial charge in [-0.15, -0.1) is 0 Å². The van der Waals surface area contributed by atoms with E-state index in [2.05, 4.69) is 11.0 Å². The molecule has 0 N–H and O–H groups in total. The van der Waals surface area contributed by atoms with E-state index in [0.29, 0.717) is 13.2 Å². The molecule has 4 heteroatoms. The van der Waals surface area contributed by atoms with Gasteiger partial charge in [-0.2, -0.15) is 5.26 Å². The number of anilines is 1. The van der Waals surface area contributed by atoms with Gasteiger partial charge in [-0.05, 0) is 24.3 Å². The summed E-state index contributed by atoms with van der Waals surface area (Å²) in [6.45, 7) is 1.90. The van der Waals surface area contributed by atoms with Crippen LogP contribution in [0.2, 0.25) is 0 Å². The number of rotatable bonds is 2. The number of benzene rings is 1. The van der Waals surface area contributed by atoms with Crippen LogP contribution in [-0.4, -0.2) is 32.9 Å². The molecule has 16 heavy (non-hydrogen) atoms. The fourth-order valence-corrected chi connectivity index (χ4v) is 1.79. The van der Waals surface area contributed by atoms with Crippen LogP contribution in [-0.2, 0) is 4.74 Å². The molecule has 0 bridgehead atoms. The lowest BCUT2D eigenvalue weighted by Crippen LogP contribution is -2.44. The molecule has 1 saturated heterocycles. The Kier molecular flexibility index (Phi) is 3.28. The van der Waals surface area contributed by atoms with Crippen molar-refractivity contribution in [1.29, 1.82) is 5.26 Å². The summed E-state index contributed by atoms with van der Waals surface area (Å²) < 4.78 is 10.4. The first-order chi connectivity index (χ1) is 7.85. The molecule has 1 unspecified atom stereocenters. The predicted octanol–water partition coefficient (Wildman–Crippen LogP) is 1.42. The first-order valence-electron chi connectivity index (χ1n) is 5.23. The number of nitrogens with zero attached hydrogens (tertiary/aromatic N) is 2. The summed E-state index contributed by atoms with van der Waals surface area (Å²) in [5, 5.41) is 9.03. The highest BCUT2D eigenvalue weighted by molar-refractivity contribution is 5.51. The van der Waals surface area contributed by atoms with E-state index in [9.17, 15) is 0 Å². The summed E-state index contributed by atoms with van der Waals surface area (Å²) in [6, 6.07) is 9.80. The lowest BCUT2D eigenvalue weighted by Gasteiger charge is -2.33. The van der Waals surface area contributed by atoms with E-state index in [1.807, 2.05) is 24.3 Å². The van der Waals surface area contributed by atoms with E-state index in [4.69, 9.17) is 14.7 Å². The molecule has 0 saturated carbocycles. The van der Waals surface area contributed by atoms with Crippen LogP contribution in [0.5, 0.6) is 5.75 Å². The van der Waals surface area contributed by atoms with Gasteiger partial charge in [0.05, 0.1) is 26.4 Å². The molecule has 0 radical (unpaired) electrons. The minimum Gasteiger partial charge on any atom is -0.497 e. The highest BCUT2D eigenvalue weighted by Crippen LogP contribution is 2.22. The number of hydrogen-bond acceptors (Lipinski definition) is 4. The van der Waals surface area contributed by atoms with Gasteiger partial charge in [0.1, 0.15) is 11.8 Å². The highest BCUT2D eigenvalue weighted by Gasteiger charge is 2.22. The molecule has 84 valence electrons. The first-order valence-corrected chi connectivity index (χ1v) is 5.23. The van der Waals surface area contributed by atoms with E-state index in [0.717, 1.165) is 18.0 Å². The molecule has 0 spiro atoms. The van der Waals surface area contributed by atoms with Crippen LogP contribution in [0.4, 0.5) is 5.69 Å². The third-order valence-corrected chi connectivity index (χ3v) is 2.68. The fraction of sp³-hybridized carbons (Fsp3) is 0.417. The second kappa shape index (κ2) is 4.86. The van der Waals surface area contributed by atoms with Crippen LogP contribution in [0.1, 0.15) is 0 Å². The zero-order valence-corrected chi connectivity index (χ0v) is 9.22. The first kappa shape index (κ1) is 10.8. The predicted molar refractivity (Wildman–Crippen MR) is 60.6 cm³/mol. The molecule has 1 aromatic carbocycles. The molecule has 0 aromatic heterocycles. The Hall–Kier alpha value is -1.73. The maximum Gasteiger partial charge on any atom is 0.140 e. The van der Waals surface area contributed by atoms with Crippen molar-refractivity contribution >= 4 is 5.69 Å². The van der Waals surface area contributed by atoms with Gasteiger partial charge < -0.3 is 14.4 Å². The molecule has 1 fully saturated rings. The molecule has 1 atom stereocenters. The van der Waals surface area contributed by atoms with Crippen LogP contribution in [0, 0.1) is 11.3 Å². The Morgan fingerprint density at radius 2 is 2.19 bits per heavy atom. The maximum absolute atomic E-state index is 9.03. The van der Waals surface area contributed by atoms with Crippen LogP contribution in [0.15, 0.2) is 24.3 Å². The molecule has 1 aromatic rings. The van der Waals surface area contributed by atoms with Gasteiger partial charge >= 0.3 is 0 Å². The zero-order valence-electron chi connectivity index (χ0n) is 9.22. The normalized spacial score (nSPS) is 20.2. The number of ether oxygens (including phenoxy) is 2. The average Bonchev–Trinajstić information content (AvgIpc) is 2.39. The smallest absolute Gasteiger partial charge is 0.140 e. The highest BCUT2D eigenvalue weighted by atomic mass is 16.5. The molecule has 4 nitrogen and oxygen atoms in total. The zero-order chi connectivity index (χ0) is 11.4. The van der Waals surface area contributed by atoms with Gasteiger partial charge in [0.2, 0.25) is 0 Å². The van der Waals surface area contributed by atoms with E-state index in [1.54, 1.807) is 7.11 Å². The second-order valence-electron chi connectivity index (χ2n) is 3.61. The van der Waals surface area contributed by atoms with Gasteiger partial charge in [0.15, 0.2) is 0 Å². The number of hydrogen-bond donors (Lipinski definition) is 0. The van der Waals surface area contributed by atoms with Crippen molar-refractivity contribution in [3.05, 3.63) is 24.3 Å². The van der Waals surface area contributed by atoms with Crippen molar-refractivity contribution < 1.29 is 9.47 Å². The SMILES string of the molecule is COc1ccc(N2CCOCC2C#N)cc1. The molecule has 1 aliphatic rings. The average molecular weight is 218 g/mol. The van der Waals surface area contributed by atoms with E-state index < -0.39 is 0 Å². The molecule has 1 aliphatic heterocycles. The lowest BCUT2D eigenvalue weighted by atomic mass is 10.2. The summed E-state index contributed by atoms with van der Waals surface area (Å²) in [4.78, 5) is 2.06. The van der Waals surface area contributed by atoms with Gasteiger partial charge in [0.25, 0.3) is 0 Å². The third kappa shape index (κ3) is 2.10. The summed E-state index contributed by atoms with van der Waals surface area (Å²) in [5.41, 5.74) is 1.04. The van der Waals surface area contributed by atoms with Gasteiger partial charge in [-0.25, -0.2) is 0 Å². The summed E-state index contributed by atoms with van der Waals surface area (Å²) in [7, 11) is 1.64. The van der Waals surface area contributed by atoms with Crippen molar-refractivity contribution in [2.24, 2.45) is 0 Å². The van der Waals surface area contributed by atoms with Crippen LogP contribution >= 0.6 is 0 Å². The van der Waals surface area contributed by atoms with Crippen molar-refractivity contribution in [2.45, 2.75) is 6.04 Å². The third-order valence-electron chi connectivity index (χ3n) is 2.68. The Morgan fingerprint density at radius 1 is 1.44 bits per heavy atom. The number of morpholine rings is 1. The Balaban J connectivity index is 2.18. The minimum absolute atomic E-state index is 0.192. The van der Waals surface area contributed by atoms with Gasteiger partial charge in [-0.3, -0.25) is 0 Å². The standard InChI is InChI=1S/C12H14N2O2/c1-15-12-4-2-10(3-5-12)14-6-7-16-9-11(14)8-13/h2-5,11H,6-7,9H2,1H3. The molecule has 0 aliphatic carbocycles. The fourth-order valence-electron chi connectivity index (χ4n) is 1.79. The molecule has 0 amide bonds. The molecule has 1 heterocycles. The lowest BCUT2D eigenvalue weighted by molar-refractivity contribution is 0.107. The van der Waals surface area contributed by atoms with Crippen LogP contribution < -0.4 is 9.64 Å². The second-order valence-corrected chi connectivity index (χ2v) is 3.61. The van der Waals surface area contributed by atoms with Crippen molar-refractivity contribution in [1.82, 2.24) is 0 Å². The van der Waals surface area contributed by atoms with E-state index >= 15 is 0 Å². The Bertz CT molecular complexity index is 383. The Labute approximate surface area is 95.0 Å². The quantitative estimate of drug-likeness (QED) is 0.753. The van der Waals surface area contributed by atoms with E-state index in [1.165, 1.54) is 0 Å². The van der Waals surface area contributed by atoms with Gasteiger partial charge in [-0.1, -0.05) is 0 Å². The summed E-state index contributed by atoms with van der Waals surface area (Å²) >= 11 is 0.